The van der Waals surface area contributed by atoms with Crippen LogP contribution < -0.4 is 0 Å². The van der Waals surface area contributed by atoms with Gasteiger partial charge in [0.2, 0.25) is 0 Å². The molecule has 0 spiro atoms. The van der Waals surface area contributed by atoms with Gasteiger partial charge in [0.15, 0.2) is 0 Å². The fourth-order valence-electron chi connectivity index (χ4n) is 2.98. The lowest BCUT2D eigenvalue weighted by Gasteiger charge is -2.34. The molecule has 7 heteroatoms. The zero-order valence-electron chi connectivity index (χ0n) is 14.1. The lowest BCUT2D eigenvalue weighted by Crippen LogP contribution is -2.48. The van der Waals surface area contributed by atoms with E-state index in [1.807, 2.05) is 12.1 Å². The molecule has 1 saturated heterocycles. The van der Waals surface area contributed by atoms with E-state index in [2.05, 4.69) is 9.88 Å². The summed E-state index contributed by atoms with van der Waals surface area (Å²) in [6, 6.07) is 8.64. The molecule has 1 fully saturated rings. The summed E-state index contributed by atoms with van der Waals surface area (Å²) < 4.78 is 0. The molecule has 1 amide bonds. The van der Waals surface area contributed by atoms with Crippen LogP contribution in [-0.4, -0.2) is 51.8 Å². The first kappa shape index (κ1) is 17.0. The third-order valence-electron chi connectivity index (χ3n) is 4.47. The van der Waals surface area contributed by atoms with Gasteiger partial charge in [-0.2, -0.15) is 0 Å². The van der Waals surface area contributed by atoms with Gasteiger partial charge < -0.3 is 4.90 Å². The number of pyridine rings is 1. The van der Waals surface area contributed by atoms with Crippen LogP contribution >= 0.6 is 0 Å². The minimum absolute atomic E-state index is 0.0119. The second-order valence-corrected chi connectivity index (χ2v) is 6.18. The van der Waals surface area contributed by atoms with Crippen molar-refractivity contribution in [1.82, 2.24) is 14.8 Å². The molecule has 25 heavy (non-hydrogen) atoms. The number of benzene rings is 1. The molecule has 3 rings (SSSR count). The van der Waals surface area contributed by atoms with E-state index >= 15 is 0 Å². The van der Waals surface area contributed by atoms with Crippen LogP contribution in [0.3, 0.4) is 0 Å². The first-order valence-electron chi connectivity index (χ1n) is 8.20. The zero-order valence-corrected chi connectivity index (χ0v) is 14.1. The monoisotopic (exact) mass is 340 g/mol. The third kappa shape index (κ3) is 4.00. The smallest absolute Gasteiger partial charge is 0.273 e. The van der Waals surface area contributed by atoms with Gasteiger partial charge in [-0.3, -0.25) is 24.8 Å². The number of nitro groups is 1. The van der Waals surface area contributed by atoms with Gasteiger partial charge in [-0.1, -0.05) is 6.07 Å². The molecule has 2 heterocycles. The maximum atomic E-state index is 12.6. The highest BCUT2D eigenvalue weighted by atomic mass is 16.6. The van der Waals surface area contributed by atoms with Crippen LogP contribution in [0.5, 0.6) is 0 Å². The van der Waals surface area contributed by atoms with Crippen LogP contribution in [0, 0.1) is 17.0 Å². The Bertz CT molecular complexity index is 771. The molecule has 1 aromatic heterocycles. The van der Waals surface area contributed by atoms with Crippen molar-refractivity contribution in [2.24, 2.45) is 0 Å². The second-order valence-electron chi connectivity index (χ2n) is 6.18. The van der Waals surface area contributed by atoms with Gasteiger partial charge in [0, 0.05) is 62.3 Å². The summed E-state index contributed by atoms with van der Waals surface area (Å²) in [4.78, 5) is 31.3. The molecule has 2 aromatic rings. The van der Waals surface area contributed by atoms with Crippen LogP contribution in [-0.2, 0) is 6.54 Å². The summed E-state index contributed by atoms with van der Waals surface area (Å²) in [6.45, 7) is 5.30. The average molecular weight is 340 g/mol. The predicted molar refractivity (Wildman–Crippen MR) is 93.3 cm³/mol. The summed E-state index contributed by atoms with van der Waals surface area (Å²) in [7, 11) is 0. The fraction of sp³-hybridized carbons (Fsp3) is 0.333. The maximum absolute atomic E-state index is 12.6. The van der Waals surface area contributed by atoms with E-state index in [1.165, 1.54) is 11.6 Å². The van der Waals surface area contributed by atoms with E-state index < -0.39 is 4.92 Å². The molecule has 1 aromatic carbocycles. The lowest BCUT2D eigenvalue weighted by molar-refractivity contribution is -0.385. The Morgan fingerprint density at radius 2 is 1.84 bits per heavy atom. The second kappa shape index (κ2) is 7.40. The van der Waals surface area contributed by atoms with E-state index in [0.717, 1.165) is 19.6 Å². The summed E-state index contributed by atoms with van der Waals surface area (Å²) in [5, 5.41) is 11.1. The highest BCUT2D eigenvalue weighted by molar-refractivity contribution is 5.95. The molecule has 0 aliphatic carbocycles. The number of hydrogen-bond donors (Lipinski definition) is 0. The molecule has 7 nitrogen and oxygen atoms in total. The Hall–Kier alpha value is -2.80. The molecule has 0 unspecified atom stereocenters. The molecule has 0 bridgehead atoms. The Morgan fingerprint density at radius 1 is 1.16 bits per heavy atom. The minimum Gasteiger partial charge on any atom is -0.336 e. The van der Waals surface area contributed by atoms with Gasteiger partial charge in [0.05, 0.1) is 4.92 Å². The standard InChI is InChI=1S/C18H20N4O3/c1-14-2-3-16(12-17(14)22(24)25)18(23)21-10-8-20(9-11-21)13-15-4-6-19-7-5-15/h2-7,12H,8-11,13H2,1H3. The van der Waals surface area contributed by atoms with Crippen molar-refractivity contribution in [3.8, 4) is 0 Å². The normalized spacial score (nSPS) is 15.2. The van der Waals surface area contributed by atoms with Gasteiger partial charge in [-0.25, -0.2) is 0 Å². The summed E-state index contributed by atoms with van der Waals surface area (Å²) in [6.07, 6.45) is 3.55. The topological polar surface area (TPSA) is 79.6 Å². The number of aryl methyl sites for hydroxylation is 1. The number of nitrogens with zero attached hydrogens (tertiary/aromatic N) is 4. The maximum Gasteiger partial charge on any atom is 0.273 e. The number of carbonyl (C=O) groups excluding carboxylic acids is 1. The molecular weight excluding hydrogens is 320 g/mol. The van der Waals surface area contributed by atoms with E-state index in [4.69, 9.17) is 0 Å². The molecule has 0 atom stereocenters. The Labute approximate surface area is 146 Å². The Balaban J connectivity index is 1.62. The van der Waals surface area contributed by atoms with Gasteiger partial charge in [0.25, 0.3) is 11.6 Å². The van der Waals surface area contributed by atoms with Crippen molar-refractivity contribution < 1.29 is 9.72 Å². The molecule has 0 radical (unpaired) electrons. The number of amides is 1. The number of rotatable bonds is 4. The van der Waals surface area contributed by atoms with Crippen LogP contribution in [0.15, 0.2) is 42.7 Å². The van der Waals surface area contributed by atoms with Crippen molar-refractivity contribution in [2.75, 3.05) is 26.2 Å². The highest BCUT2D eigenvalue weighted by Crippen LogP contribution is 2.21. The lowest BCUT2D eigenvalue weighted by atomic mass is 10.1. The number of aromatic nitrogens is 1. The van der Waals surface area contributed by atoms with E-state index in [-0.39, 0.29) is 11.6 Å². The van der Waals surface area contributed by atoms with Crippen molar-refractivity contribution in [3.05, 3.63) is 69.5 Å². The van der Waals surface area contributed by atoms with Crippen molar-refractivity contribution in [2.45, 2.75) is 13.5 Å². The molecule has 1 aliphatic rings. The number of piperazine rings is 1. The van der Waals surface area contributed by atoms with E-state index in [9.17, 15) is 14.9 Å². The highest BCUT2D eigenvalue weighted by Gasteiger charge is 2.24. The Kier molecular flexibility index (Phi) is 5.04. The number of carbonyl (C=O) groups is 1. The minimum atomic E-state index is -0.446. The summed E-state index contributed by atoms with van der Waals surface area (Å²) >= 11 is 0. The number of hydrogen-bond acceptors (Lipinski definition) is 5. The van der Waals surface area contributed by atoms with Gasteiger partial charge in [-0.05, 0) is 30.7 Å². The largest absolute Gasteiger partial charge is 0.336 e. The van der Waals surface area contributed by atoms with Crippen molar-refractivity contribution in [3.63, 3.8) is 0 Å². The third-order valence-corrected chi connectivity index (χ3v) is 4.47. The Morgan fingerprint density at radius 3 is 2.48 bits per heavy atom. The quantitative estimate of drug-likeness (QED) is 0.630. The molecular formula is C18H20N4O3. The predicted octanol–water partition coefficient (Wildman–Crippen LogP) is 2.26. The zero-order chi connectivity index (χ0) is 17.8. The van der Waals surface area contributed by atoms with Crippen LogP contribution in [0.1, 0.15) is 21.5 Å². The molecule has 0 N–H and O–H groups in total. The van der Waals surface area contributed by atoms with E-state index in [0.29, 0.717) is 24.2 Å². The van der Waals surface area contributed by atoms with Crippen molar-refractivity contribution >= 4 is 11.6 Å². The van der Waals surface area contributed by atoms with Gasteiger partial charge in [0.1, 0.15) is 0 Å². The molecule has 130 valence electrons. The fourth-order valence-corrected chi connectivity index (χ4v) is 2.98. The first-order valence-corrected chi connectivity index (χ1v) is 8.20. The van der Waals surface area contributed by atoms with Crippen molar-refractivity contribution in [1.29, 1.82) is 0 Å². The molecule has 0 saturated carbocycles. The summed E-state index contributed by atoms with van der Waals surface area (Å²) in [5.74, 6) is -0.147. The van der Waals surface area contributed by atoms with E-state index in [1.54, 1.807) is 36.4 Å². The SMILES string of the molecule is Cc1ccc(C(=O)N2CCN(Cc3ccncc3)CC2)cc1[N+](=O)[O-]. The van der Waals surface area contributed by atoms with Crippen LogP contribution in [0.2, 0.25) is 0 Å². The summed E-state index contributed by atoms with van der Waals surface area (Å²) in [5.41, 5.74) is 2.12. The van der Waals surface area contributed by atoms with Crippen LogP contribution in [0.4, 0.5) is 5.69 Å². The van der Waals surface area contributed by atoms with Gasteiger partial charge >= 0.3 is 0 Å². The number of nitro benzene ring substituents is 1. The van der Waals surface area contributed by atoms with Gasteiger partial charge in [-0.15, -0.1) is 0 Å². The average Bonchev–Trinajstić information content (AvgIpc) is 2.63. The first-order chi connectivity index (χ1) is 12.0. The van der Waals surface area contributed by atoms with Crippen LogP contribution in [0.25, 0.3) is 0 Å². The molecule has 1 aliphatic heterocycles.